The topological polar surface area (TPSA) is 36.8 Å². The second kappa shape index (κ2) is 5.78. The number of thioether (sulfide) groups is 1. The van der Waals surface area contributed by atoms with Crippen LogP contribution in [0.15, 0.2) is 40.4 Å². The van der Waals surface area contributed by atoms with Gasteiger partial charge in [-0.2, -0.15) is 5.10 Å². The first-order valence-corrected chi connectivity index (χ1v) is 5.36. The SMILES string of the molecule is CN=C1NN=C(c2ccccc2)CS1.Cl. The van der Waals surface area contributed by atoms with Crippen LogP contribution in [0, 0.1) is 0 Å². The van der Waals surface area contributed by atoms with Gasteiger partial charge < -0.3 is 0 Å². The average Bonchev–Trinajstić information content (AvgIpc) is 2.30. The molecule has 3 nitrogen and oxygen atoms in total. The Bertz CT molecular complexity index is 376. The summed E-state index contributed by atoms with van der Waals surface area (Å²) < 4.78 is 0. The van der Waals surface area contributed by atoms with Gasteiger partial charge in [-0.05, 0) is 5.56 Å². The number of hydrogen-bond acceptors (Lipinski definition) is 3. The molecule has 0 saturated heterocycles. The molecule has 0 aromatic heterocycles. The van der Waals surface area contributed by atoms with E-state index in [2.05, 4.69) is 27.7 Å². The number of nitrogens with zero attached hydrogens (tertiary/aromatic N) is 2. The zero-order valence-corrected chi connectivity index (χ0v) is 9.94. The Balaban J connectivity index is 0.00000112. The third-order valence-electron chi connectivity index (χ3n) is 1.94. The van der Waals surface area contributed by atoms with Crippen molar-refractivity contribution in [2.24, 2.45) is 10.1 Å². The molecule has 1 heterocycles. The van der Waals surface area contributed by atoms with Gasteiger partial charge in [-0.15, -0.1) is 12.4 Å². The van der Waals surface area contributed by atoms with Crippen LogP contribution in [0.5, 0.6) is 0 Å². The minimum Gasteiger partial charge on any atom is -0.265 e. The summed E-state index contributed by atoms with van der Waals surface area (Å²) in [6.07, 6.45) is 0. The smallest absolute Gasteiger partial charge is 0.177 e. The highest BCUT2D eigenvalue weighted by Gasteiger charge is 2.11. The van der Waals surface area contributed by atoms with Crippen LogP contribution in [0.2, 0.25) is 0 Å². The van der Waals surface area contributed by atoms with E-state index in [4.69, 9.17) is 0 Å². The van der Waals surface area contributed by atoms with E-state index < -0.39 is 0 Å². The summed E-state index contributed by atoms with van der Waals surface area (Å²) in [4.78, 5) is 4.04. The van der Waals surface area contributed by atoms with E-state index >= 15 is 0 Å². The molecular weight excluding hydrogens is 230 g/mol. The van der Waals surface area contributed by atoms with E-state index in [0.717, 1.165) is 16.6 Å². The van der Waals surface area contributed by atoms with Gasteiger partial charge in [0.2, 0.25) is 0 Å². The fourth-order valence-corrected chi connectivity index (χ4v) is 1.95. The van der Waals surface area contributed by atoms with Crippen molar-refractivity contribution in [3.8, 4) is 0 Å². The van der Waals surface area contributed by atoms with Gasteiger partial charge >= 0.3 is 0 Å². The number of amidine groups is 1. The van der Waals surface area contributed by atoms with Crippen molar-refractivity contribution < 1.29 is 0 Å². The predicted molar refractivity (Wildman–Crippen MR) is 69.2 cm³/mol. The molecule has 1 aromatic carbocycles. The summed E-state index contributed by atoms with van der Waals surface area (Å²) in [6.45, 7) is 0. The molecular formula is C10H12ClN3S. The molecule has 1 aliphatic heterocycles. The Morgan fingerprint density at radius 1 is 1.33 bits per heavy atom. The molecule has 0 bridgehead atoms. The Morgan fingerprint density at radius 3 is 2.60 bits per heavy atom. The highest BCUT2D eigenvalue weighted by atomic mass is 35.5. The molecule has 5 heteroatoms. The molecule has 0 fully saturated rings. The van der Waals surface area contributed by atoms with Crippen molar-refractivity contribution in [3.05, 3.63) is 35.9 Å². The van der Waals surface area contributed by atoms with E-state index in [9.17, 15) is 0 Å². The number of aliphatic imine (C=N–C) groups is 1. The van der Waals surface area contributed by atoms with Gasteiger partial charge in [0.25, 0.3) is 0 Å². The third-order valence-corrected chi connectivity index (χ3v) is 2.91. The second-order valence-corrected chi connectivity index (χ2v) is 3.82. The number of benzene rings is 1. The van der Waals surface area contributed by atoms with Gasteiger partial charge in [-0.25, -0.2) is 0 Å². The molecule has 15 heavy (non-hydrogen) atoms. The molecule has 0 saturated carbocycles. The van der Waals surface area contributed by atoms with Crippen LogP contribution in [0.1, 0.15) is 5.56 Å². The molecule has 80 valence electrons. The maximum atomic E-state index is 4.27. The molecule has 0 amide bonds. The summed E-state index contributed by atoms with van der Waals surface area (Å²) in [7, 11) is 1.76. The molecule has 2 rings (SSSR count). The summed E-state index contributed by atoms with van der Waals surface area (Å²) in [5, 5.41) is 5.15. The van der Waals surface area contributed by atoms with Gasteiger partial charge in [-0.1, -0.05) is 42.1 Å². The van der Waals surface area contributed by atoms with Crippen LogP contribution >= 0.6 is 24.2 Å². The summed E-state index contributed by atoms with van der Waals surface area (Å²) in [5.41, 5.74) is 5.16. The summed E-state index contributed by atoms with van der Waals surface area (Å²) in [5.74, 6) is 0.879. The van der Waals surface area contributed by atoms with Crippen molar-refractivity contribution in [2.75, 3.05) is 12.8 Å². The van der Waals surface area contributed by atoms with Gasteiger partial charge in [0, 0.05) is 12.8 Å². The number of hydrazone groups is 1. The normalized spacial score (nSPS) is 17.7. The van der Waals surface area contributed by atoms with E-state index in [0.29, 0.717) is 0 Å². The third kappa shape index (κ3) is 2.97. The van der Waals surface area contributed by atoms with Crippen molar-refractivity contribution >= 4 is 35.0 Å². The Labute approximate surface area is 99.5 Å². The van der Waals surface area contributed by atoms with Crippen LogP contribution in [0.4, 0.5) is 0 Å². The molecule has 1 aromatic rings. The standard InChI is InChI=1S/C10H11N3S.ClH/c1-11-10-13-12-9(7-14-10)8-5-3-2-4-6-8;/h2-6H,7H2,1H3,(H,11,13);1H. The Kier molecular flexibility index (Phi) is 4.65. The van der Waals surface area contributed by atoms with E-state index in [1.165, 1.54) is 5.56 Å². The minimum atomic E-state index is 0. The first kappa shape index (κ1) is 12.1. The van der Waals surface area contributed by atoms with E-state index in [1.54, 1.807) is 18.8 Å². The molecule has 0 atom stereocenters. The van der Waals surface area contributed by atoms with Crippen molar-refractivity contribution in [1.82, 2.24) is 5.43 Å². The van der Waals surface area contributed by atoms with Gasteiger partial charge in [-0.3, -0.25) is 10.4 Å². The molecule has 0 radical (unpaired) electrons. The van der Waals surface area contributed by atoms with Crippen LogP contribution in [0.3, 0.4) is 0 Å². The lowest BCUT2D eigenvalue weighted by atomic mass is 10.1. The quantitative estimate of drug-likeness (QED) is 0.818. The van der Waals surface area contributed by atoms with Gasteiger partial charge in [0.1, 0.15) is 0 Å². The fraction of sp³-hybridized carbons (Fsp3) is 0.200. The van der Waals surface area contributed by atoms with Crippen LogP contribution in [-0.4, -0.2) is 23.7 Å². The number of nitrogens with one attached hydrogen (secondary N) is 1. The van der Waals surface area contributed by atoms with Gasteiger partial charge in [0.15, 0.2) is 5.17 Å². The summed E-state index contributed by atoms with van der Waals surface area (Å²) in [6, 6.07) is 10.2. The summed E-state index contributed by atoms with van der Waals surface area (Å²) >= 11 is 1.67. The van der Waals surface area contributed by atoms with Crippen LogP contribution < -0.4 is 5.43 Å². The van der Waals surface area contributed by atoms with E-state index in [1.807, 2.05) is 18.2 Å². The van der Waals surface area contributed by atoms with E-state index in [-0.39, 0.29) is 12.4 Å². The zero-order valence-electron chi connectivity index (χ0n) is 8.30. The Hall–Kier alpha value is -1.000. The molecule has 0 spiro atoms. The van der Waals surface area contributed by atoms with Gasteiger partial charge in [0.05, 0.1) is 5.71 Å². The predicted octanol–water partition coefficient (Wildman–Crippen LogP) is 2.13. The van der Waals surface area contributed by atoms with Crippen LogP contribution in [0.25, 0.3) is 0 Å². The van der Waals surface area contributed by atoms with Crippen molar-refractivity contribution in [3.63, 3.8) is 0 Å². The molecule has 0 aliphatic carbocycles. The largest absolute Gasteiger partial charge is 0.265 e. The van der Waals surface area contributed by atoms with Crippen molar-refractivity contribution in [1.29, 1.82) is 0 Å². The maximum Gasteiger partial charge on any atom is 0.177 e. The number of hydrogen-bond donors (Lipinski definition) is 1. The molecule has 1 aliphatic rings. The Morgan fingerprint density at radius 2 is 2.07 bits per heavy atom. The lowest BCUT2D eigenvalue weighted by molar-refractivity contribution is 1.03. The first-order chi connectivity index (χ1) is 6.90. The molecule has 1 N–H and O–H groups in total. The van der Waals surface area contributed by atoms with Crippen molar-refractivity contribution in [2.45, 2.75) is 0 Å². The average molecular weight is 242 g/mol. The maximum absolute atomic E-state index is 4.27. The number of rotatable bonds is 1. The first-order valence-electron chi connectivity index (χ1n) is 4.38. The second-order valence-electron chi connectivity index (χ2n) is 2.85. The van der Waals surface area contributed by atoms with Crippen LogP contribution in [-0.2, 0) is 0 Å². The minimum absolute atomic E-state index is 0. The fourth-order valence-electron chi connectivity index (χ4n) is 1.21. The monoisotopic (exact) mass is 241 g/mol. The highest BCUT2D eigenvalue weighted by Crippen LogP contribution is 2.12. The lowest BCUT2D eigenvalue weighted by Crippen LogP contribution is -2.25. The molecule has 0 unspecified atom stereocenters. The zero-order chi connectivity index (χ0) is 9.80. The lowest BCUT2D eigenvalue weighted by Gasteiger charge is -2.13. The highest BCUT2D eigenvalue weighted by molar-refractivity contribution is 8.14. The number of halogens is 1.